The Bertz CT molecular complexity index is 90.1. The molecular formula is C10H30Si3. The van der Waals surface area contributed by atoms with Gasteiger partial charge in [-0.3, -0.25) is 0 Å². The van der Waals surface area contributed by atoms with Gasteiger partial charge in [0.05, 0.1) is 8.07 Å². The van der Waals surface area contributed by atoms with Crippen LogP contribution in [0.25, 0.3) is 0 Å². The molecule has 82 valence electrons. The maximum absolute atomic E-state index is 3.69. The quantitative estimate of drug-likeness (QED) is 0.610. The molecular weight excluding hydrogens is 204 g/mol. The molecule has 0 bridgehead atoms. The van der Waals surface area contributed by atoms with Gasteiger partial charge in [0.15, 0.2) is 0 Å². The van der Waals surface area contributed by atoms with Crippen LogP contribution < -0.4 is 0 Å². The van der Waals surface area contributed by atoms with Gasteiger partial charge in [0, 0.05) is 18.3 Å². The number of rotatable bonds is 1. The average molecular weight is 235 g/mol. The van der Waals surface area contributed by atoms with E-state index in [1.807, 2.05) is 0 Å². The molecule has 0 unspecified atom stereocenters. The molecule has 3 heteroatoms. The summed E-state index contributed by atoms with van der Waals surface area (Å²) < 4.78 is 0. The van der Waals surface area contributed by atoms with Crippen molar-refractivity contribution in [3.05, 3.63) is 12.3 Å². The molecule has 0 nitrogen and oxygen atoms in total. The second kappa shape index (κ2) is 12.4. The van der Waals surface area contributed by atoms with Gasteiger partial charge in [-0.1, -0.05) is 52.4 Å². The number of hydrogen-bond acceptors (Lipinski definition) is 0. The summed E-state index contributed by atoms with van der Waals surface area (Å²) in [7, 11) is -0.590. The van der Waals surface area contributed by atoms with E-state index in [1.54, 1.807) is 0 Å². The highest BCUT2D eigenvalue weighted by atomic mass is 28.3. The highest BCUT2D eigenvalue weighted by Gasteiger charge is 2.03. The van der Waals surface area contributed by atoms with E-state index < -0.39 is 8.07 Å². The molecule has 0 rings (SSSR count). The minimum Gasteiger partial charge on any atom is -0.107 e. The smallest absolute Gasteiger partial charge is 0.0679 e. The largest absolute Gasteiger partial charge is 0.107 e. The molecule has 0 aromatic heterocycles. The fourth-order valence-electron chi connectivity index (χ4n) is 0. The third-order valence-electron chi connectivity index (χ3n) is 0.612. The Kier molecular flexibility index (Phi) is 18.1. The van der Waals surface area contributed by atoms with Crippen LogP contribution in [-0.4, -0.2) is 26.4 Å². The molecule has 0 heterocycles. The first-order chi connectivity index (χ1) is 5.71. The van der Waals surface area contributed by atoms with Crippen LogP contribution in [0.5, 0.6) is 0 Å². The van der Waals surface area contributed by atoms with Gasteiger partial charge in [0.25, 0.3) is 0 Å². The van der Waals surface area contributed by atoms with Gasteiger partial charge < -0.3 is 0 Å². The Morgan fingerprint density at radius 3 is 1.15 bits per heavy atom. The van der Waals surface area contributed by atoms with Gasteiger partial charge in [-0.15, -0.1) is 12.3 Å². The standard InChI is InChI=1S/C5H12Si.C3H10Si.C2H8Si/c1-5-6(2,3)4;1-4(2)3;1-3-2/h5H,1H2,2-4H3;4H,1-3H3;3H2,1-2H3. The Morgan fingerprint density at radius 1 is 1.08 bits per heavy atom. The lowest BCUT2D eigenvalue weighted by Crippen LogP contribution is -2.14. The van der Waals surface area contributed by atoms with Gasteiger partial charge in [0.1, 0.15) is 0 Å². The normalized spacial score (nSPS) is 9.31. The van der Waals surface area contributed by atoms with Crippen LogP contribution in [0.15, 0.2) is 12.3 Å². The zero-order valence-corrected chi connectivity index (χ0v) is 14.6. The molecule has 0 radical (unpaired) electrons. The maximum atomic E-state index is 3.69. The minimum atomic E-state index is -0.867. The fraction of sp³-hybridized carbons (Fsp3) is 0.800. The van der Waals surface area contributed by atoms with Crippen molar-refractivity contribution in [3.8, 4) is 0 Å². The van der Waals surface area contributed by atoms with E-state index in [0.29, 0.717) is 9.52 Å². The van der Waals surface area contributed by atoms with E-state index in [4.69, 9.17) is 0 Å². The average Bonchev–Trinajstić information content (AvgIpc) is 1.86. The monoisotopic (exact) mass is 234 g/mol. The predicted molar refractivity (Wildman–Crippen MR) is 78.6 cm³/mol. The molecule has 0 atom stereocenters. The van der Waals surface area contributed by atoms with Crippen molar-refractivity contribution in [1.29, 1.82) is 0 Å². The van der Waals surface area contributed by atoms with E-state index in [1.165, 1.54) is 0 Å². The maximum Gasteiger partial charge on any atom is 0.0679 e. The summed E-state index contributed by atoms with van der Waals surface area (Å²) in [5.41, 5.74) is 2.08. The lowest BCUT2D eigenvalue weighted by molar-refractivity contribution is 1.78. The van der Waals surface area contributed by atoms with Crippen LogP contribution >= 0.6 is 0 Å². The van der Waals surface area contributed by atoms with Crippen LogP contribution in [-0.2, 0) is 0 Å². The van der Waals surface area contributed by atoms with Gasteiger partial charge in [-0.2, -0.15) is 0 Å². The molecule has 0 aliphatic carbocycles. The first-order valence-corrected chi connectivity index (χ1v) is 15.2. The van der Waals surface area contributed by atoms with E-state index in [9.17, 15) is 0 Å². The molecule has 0 saturated carbocycles. The first-order valence-electron chi connectivity index (χ1n) is 5.34. The van der Waals surface area contributed by atoms with Crippen molar-refractivity contribution in [2.75, 3.05) is 0 Å². The second-order valence-corrected chi connectivity index (χ2v) is 15.0. The summed E-state index contributed by atoms with van der Waals surface area (Å²) in [5, 5.41) is 0. The first kappa shape index (κ1) is 19.0. The van der Waals surface area contributed by atoms with Crippen LogP contribution in [0.2, 0.25) is 52.4 Å². The van der Waals surface area contributed by atoms with E-state index in [0.717, 1.165) is 0 Å². The molecule has 0 aliphatic rings. The topological polar surface area (TPSA) is 0 Å². The van der Waals surface area contributed by atoms with E-state index >= 15 is 0 Å². The molecule has 0 N–H and O–H groups in total. The summed E-state index contributed by atoms with van der Waals surface area (Å²) in [6, 6.07) is 0. The summed E-state index contributed by atoms with van der Waals surface area (Å²) in [6.07, 6.45) is 0. The highest BCUT2D eigenvalue weighted by Crippen LogP contribution is 1.98. The third-order valence-corrected chi connectivity index (χ3v) is 1.84. The Balaban J connectivity index is -0.000000125. The molecule has 13 heavy (non-hydrogen) atoms. The highest BCUT2D eigenvalue weighted by molar-refractivity contribution is 6.80. The molecule has 0 spiro atoms. The Labute approximate surface area is 91.3 Å². The van der Waals surface area contributed by atoms with E-state index in [-0.39, 0.29) is 8.80 Å². The van der Waals surface area contributed by atoms with Crippen LogP contribution in [0, 0.1) is 0 Å². The van der Waals surface area contributed by atoms with Crippen LogP contribution in [0.3, 0.4) is 0 Å². The fourth-order valence-corrected chi connectivity index (χ4v) is 0. The zero-order valence-electron chi connectivity index (χ0n) is 11.1. The van der Waals surface area contributed by atoms with Gasteiger partial charge in [0.2, 0.25) is 0 Å². The van der Waals surface area contributed by atoms with Gasteiger partial charge in [-0.25, -0.2) is 0 Å². The molecule has 0 aliphatic heterocycles. The summed E-state index contributed by atoms with van der Waals surface area (Å²) >= 11 is 0. The van der Waals surface area contributed by atoms with Gasteiger partial charge in [-0.05, 0) is 0 Å². The van der Waals surface area contributed by atoms with Crippen molar-refractivity contribution in [1.82, 2.24) is 0 Å². The lowest BCUT2D eigenvalue weighted by atomic mass is 11.3. The minimum absolute atomic E-state index is 0.139. The van der Waals surface area contributed by atoms with E-state index in [2.05, 4.69) is 64.7 Å². The molecule has 0 saturated heterocycles. The zero-order chi connectivity index (χ0) is 11.5. The van der Waals surface area contributed by atoms with Crippen LogP contribution in [0.4, 0.5) is 0 Å². The molecule has 0 aromatic carbocycles. The third kappa shape index (κ3) is 116. The van der Waals surface area contributed by atoms with Crippen molar-refractivity contribution in [2.45, 2.75) is 52.4 Å². The van der Waals surface area contributed by atoms with Crippen LogP contribution in [0.1, 0.15) is 0 Å². The summed E-state index contributed by atoms with van der Waals surface area (Å²) in [6.45, 7) is 21.9. The van der Waals surface area contributed by atoms with Crippen molar-refractivity contribution in [2.24, 2.45) is 0 Å². The van der Waals surface area contributed by atoms with Crippen molar-refractivity contribution < 1.29 is 0 Å². The van der Waals surface area contributed by atoms with Crippen molar-refractivity contribution >= 4 is 26.4 Å². The Hall–Kier alpha value is 0.391. The predicted octanol–water partition coefficient (Wildman–Crippen LogP) is 3.40. The summed E-state index contributed by atoms with van der Waals surface area (Å²) in [4.78, 5) is 0. The summed E-state index contributed by atoms with van der Waals surface area (Å²) in [5.74, 6) is 0. The molecule has 0 amide bonds. The lowest BCUT2D eigenvalue weighted by Gasteiger charge is -2.04. The second-order valence-electron chi connectivity index (χ2n) is 5.01. The Morgan fingerprint density at radius 2 is 1.15 bits per heavy atom. The molecule has 0 aromatic rings. The van der Waals surface area contributed by atoms with Crippen molar-refractivity contribution in [3.63, 3.8) is 0 Å². The number of hydrogen-bond donors (Lipinski definition) is 0. The van der Waals surface area contributed by atoms with Gasteiger partial charge >= 0.3 is 0 Å². The molecule has 0 fully saturated rings. The SMILES string of the molecule is C=C[Si](C)(C)C.C[SiH2]C.C[SiH](C)C.